The minimum absolute atomic E-state index is 0.0356. The van der Waals surface area contributed by atoms with E-state index in [1.165, 1.54) is 0 Å². The maximum absolute atomic E-state index is 14.8. The molecule has 0 bridgehead atoms. The van der Waals surface area contributed by atoms with Gasteiger partial charge in [-0.1, -0.05) is 158 Å². The van der Waals surface area contributed by atoms with Crippen LogP contribution in [0.4, 0.5) is 0 Å². The Bertz CT molecular complexity index is 5260. The highest BCUT2D eigenvalue weighted by Crippen LogP contribution is 2.41. The highest BCUT2D eigenvalue weighted by Gasteiger charge is 2.22. The van der Waals surface area contributed by atoms with Crippen LogP contribution in [0.5, 0.6) is 0 Å². The van der Waals surface area contributed by atoms with Crippen LogP contribution in [-0.2, 0) is 0 Å². The molecule has 0 atom stereocenters. The second-order valence-corrected chi connectivity index (χ2v) is 20.5. The largest absolute Gasteiger partial charge is 0.275 e. The molecule has 0 unspecified atom stereocenters. The van der Waals surface area contributed by atoms with E-state index in [0.717, 1.165) is 138 Å². The molecule has 0 amide bonds. The molecule has 6 nitrogen and oxygen atoms in total. The van der Waals surface area contributed by atoms with E-state index in [1.54, 1.807) is 0 Å². The van der Waals surface area contributed by atoms with E-state index in [0.29, 0.717) is 10.8 Å². The van der Waals surface area contributed by atoms with Gasteiger partial charge in [0.25, 0.3) is 11.1 Å². The van der Waals surface area contributed by atoms with Crippen molar-refractivity contribution in [3.8, 4) is 72.4 Å². The molecule has 16 rings (SSSR count). The summed E-state index contributed by atoms with van der Waals surface area (Å²) in [6, 6.07) is 85.0. The third kappa shape index (κ3) is 6.70. The predicted octanol–water partition coefficient (Wildman–Crippen LogP) is 16.4. The lowest BCUT2D eigenvalue weighted by molar-refractivity contribution is -0.594. The van der Waals surface area contributed by atoms with Crippen LogP contribution < -0.4 is 15.7 Å². The van der Waals surface area contributed by atoms with Crippen molar-refractivity contribution in [2.75, 3.05) is 0 Å². The van der Waals surface area contributed by atoms with Crippen molar-refractivity contribution in [1.29, 1.82) is 0 Å². The first-order chi connectivity index (χ1) is 38.5. The molecule has 0 saturated heterocycles. The van der Waals surface area contributed by atoms with Crippen molar-refractivity contribution in [1.82, 2.24) is 13.8 Å². The van der Waals surface area contributed by atoms with Crippen LogP contribution in [0.1, 0.15) is 0 Å². The lowest BCUT2D eigenvalue weighted by Gasteiger charge is -2.14. The number of rotatable bonds is 7. The molecule has 78 heavy (non-hydrogen) atoms. The van der Waals surface area contributed by atoms with Crippen molar-refractivity contribution < 1.29 is 4.57 Å². The van der Waals surface area contributed by atoms with Crippen LogP contribution >= 0.6 is 0 Å². The van der Waals surface area contributed by atoms with E-state index in [-0.39, 0.29) is 11.1 Å². The molecule has 16 aromatic rings. The Morgan fingerprint density at radius 1 is 0.295 bits per heavy atom. The summed E-state index contributed by atoms with van der Waals surface area (Å²) in [6.45, 7) is 0. The minimum Gasteiger partial charge on any atom is -0.275 e. The Balaban J connectivity index is 0.813. The van der Waals surface area contributed by atoms with Crippen molar-refractivity contribution in [2.45, 2.75) is 0 Å². The molecule has 0 fully saturated rings. The van der Waals surface area contributed by atoms with Crippen LogP contribution in [0.2, 0.25) is 0 Å². The molecular weight excluding hydrogens is 953 g/mol. The Morgan fingerprint density at radius 2 is 0.731 bits per heavy atom. The summed E-state index contributed by atoms with van der Waals surface area (Å²) in [7, 11) is 0. The number of hydrogen-bond donors (Lipinski definition) is 0. The Kier molecular flexibility index (Phi) is 9.54. The molecule has 0 spiro atoms. The quantitative estimate of drug-likeness (QED) is 0.118. The summed E-state index contributed by atoms with van der Waals surface area (Å²) in [4.78, 5) is 33.8. The smallest absolute Gasteiger partial charge is 0.269 e. The Morgan fingerprint density at radius 3 is 1.37 bits per heavy atom. The monoisotopic (exact) mass is 995 g/mol. The highest BCUT2D eigenvalue weighted by atomic mass is 16.1. The number of aromatic nitrogens is 4. The molecule has 6 heterocycles. The van der Waals surface area contributed by atoms with Gasteiger partial charge < -0.3 is 0 Å². The first kappa shape index (κ1) is 43.8. The molecular formula is C72H43N4O2+. The number of nitrogens with zero attached hydrogens (tertiary/aromatic N) is 4. The maximum atomic E-state index is 14.8. The fourth-order valence-electron chi connectivity index (χ4n) is 12.4. The van der Waals surface area contributed by atoms with Gasteiger partial charge in [-0.3, -0.25) is 23.4 Å². The van der Waals surface area contributed by atoms with Gasteiger partial charge in [0.2, 0.25) is 5.69 Å². The van der Waals surface area contributed by atoms with Crippen molar-refractivity contribution in [3.05, 3.63) is 282 Å². The molecule has 6 aromatic heterocycles. The van der Waals surface area contributed by atoms with Crippen LogP contribution in [-0.4, -0.2) is 13.8 Å². The van der Waals surface area contributed by atoms with Crippen LogP contribution in [0.15, 0.2) is 271 Å². The molecule has 0 saturated carbocycles. The minimum atomic E-state index is -0.0378. The molecule has 0 radical (unpaired) electrons. The molecule has 0 aliphatic heterocycles. The van der Waals surface area contributed by atoms with E-state index in [1.807, 2.05) is 57.6 Å². The standard InChI is InChI=1S/C72H43N4O2/c77-71-62-24-8-7-23-58(62)68-70-61(31-33-73-68)64-42-52(28-30-67(64)76(70)71)55-38-53(48-19-9-17-46(35-48)44-13-3-1-4-14-44)37-54(39-55)49-20-10-18-47(36-49)50-21-11-22-56(40-50)74-34-32-57-59-25-12-26-60-63-41-51(45-15-5-2-6-16-45)27-29-66(63)75(69(59)60)72(78)65(57)43-74/h1-43H/q+1. The van der Waals surface area contributed by atoms with Gasteiger partial charge in [0.15, 0.2) is 12.4 Å². The zero-order valence-electron chi connectivity index (χ0n) is 41.9. The van der Waals surface area contributed by atoms with E-state index < -0.39 is 0 Å². The van der Waals surface area contributed by atoms with Gasteiger partial charge in [0.05, 0.1) is 27.6 Å². The normalized spacial score (nSPS) is 11.9. The van der Waals surface area contributed by atoms with Gasteiger partial charge in [-0.05, 0) is 133 Å². The lowest BCUT2D eigenvalue weighted by Crippen LogP contribution is -2.31. The number of hydrogen-bond acceptors (Lipinski definition) is 3. The molecule has 0 aliphatic rings. The fraction of sp³-hybridized carbons (Fsp3) is 0. The Hall–Kier alpha value is -10.6. The Labute approximate surface area is 446 Å². The predicted molar refractivity (Wildman–Crippen MR) is 320 cm³/mol. The zero-order chi connectivity index (χ0) is 51.6. The average Bonchev–Trinajstić information content (AvgIpc) is 4.26. The number of fused-ring (bicyclic) bond motifs is 10. The van der Waals surface area contributed by atoms with E-state index in [2.05, 4.69) is 217 Å². The summed E-state index contributed by atoms with van der Waals surface area (Å²) in [5.41, 5.74) is 18.4. The second kappa shape index (κ2) is 17.0. The first-order valence-electron chi connectivity index (χ1n) is 26.3. The van der Waals surface area contributed by atoms with Crippen LogP contribution in [0, 0.1) is 0 Å². The second-order valence-electron chi connectivity index (χ2n) is 20.5. The van der Waals surface area contributed by atoms with Gasteiger partial charge in [0, 0.05) is 67.5 Å². The summed E-state index contributed by atoms with van der Waals surface area (Å²) in [5, 5.41) is 8.31. The SMILES string of the molecule is O=c1c2c[n+](-c3cccc(-c4cccc(-c5cc(-c6cccc(-c7ccccc7)c6)cc(-c6ccc7c(c6)c6ccnc8c9ccccc9c(=O)n7c68)c5)c4)c3)ccc2c2cccc3c4cc(-c5ccccc5)ccc4n1c23. The molecule has 362 valence electrons. The summed E-state index contributed by atoms with van der Waals surface area (Å²) >= 11 is 0. The molecule has 0 N–H and O–H groups in total. The molecule has 10 aromatic carbocycles. The number of para-hydroxylation sites is 1. The fourth-order valence-corrected chi connectivity index (χ4v) is 12.4. The van der Waals surface area contributed by atoms with Gasteiger partial charge in [-0.15, -0.1) is 0 Å². The van der Waals surface area contributed by atoms with Gasteiger partial charge in [-0.2, -0.15) is 4.57 Å². The van der Waals surface area contributed by atoms with E-state index in [9.17, 15) is 9.59 Å². The van der Waals surface area contributed by atoms with Crippen LogP contribution in [0.3, 0.4) is 0 Å². The lowest BCUT2D eigenvalue weighted by atomic mass is 9.91. The van der Waals surface area contributed by atoms with Crippen molar-refractivity contribution in [3.63, 3.8) is 0 Å². The highest BCUT2D eigenvalue weighted by molar-refractivity contribution is 6.21. The van der Waals surface area contributed by atoms with Crippen LogP contribution in [0.25, 0.3) is 149 Å². The zero-order valence-corrected chi connectivity index (χ0v) is 41.9. The molecule has 6 heteroatoms. The summed E-state index contributed by atoms with van der Waals surface area (Å²) in [5.74, 6) is 0. The first-order valence-corrected chi connectivity index (χ1v) is 26.3. The van der Waals surface area contributed by atoms with Gasteiger partial charge >= 0.3 is 0 Å². The number of benzene rings is 10. The summed E-state index contributed by atoms with van der Waals surface area (Å²) < 4.78 is 5.83. The van der Waals surface area contributed by atoms with Gasteiger partial charge in [0.1, 0.15) is 5.39 Å². The maximum Gasteiger partial charge on any atom is 0.269 e. The van der Waals surface area contributed by atoms with Gasteiger partial charge in [-0.25, -0.2) is 0 Å². The molecule has 0 aliphatic carbocycles. The van der Waals surface area contributed by atoms with Crippen molar-refractivity contribution >= 4 is 76.1 Å². The topological polar surface area (TPSA) is 59.7 Å². The van der Waals surface area contributed by atoms with E-state index in [4.69, 9.17) is 4.98 Å². The van der Waals surface area contributed by atoms with E-state index >= 15 is 0 Å². The summed E-state index contributed by atoms with van der Waals surface area (Å²) in [6.07, 6.45) is 5.92. The van der Waals surface area contributed by atoms with Crippen molar-refractivity contribution in [2.24, 2.45) is 0 Å². The third-order valence-electron chi connectivity index (χ3n) is 16.1. The third-order valence-corrected chi connectivity index (χ3v) is 16.1. The number of pyridine rings is 4. The average molecular weight is 996 g/mol.